The van der Waals surface area contributed by atoms with Crippen molar-refractivity contribution in [1.29, 1.82) is 0 Å². The van der Waals surface area contributed by atoms with Crippen molar-refractivity contribution in [2.24, 2.45) is 39.1 Å². The molecule has 1 aromatic heterocycles. The van der Waals surface area contributed by atoms with E-state index in [-0.39, 0.29) is 58.7 Å². The van der Waals surface area contributed by atoms with Gasteiger partial charge in [0.15, 0.2) is 5.96 Å². The second-order valence-corrected chi connectivity index (χ2v) is 17.0. The molecule has 4 aliphatic rings. The zero-order chi connectivity index (χ0) is 38.9. The molecule has 54 heavy (non-hydrogen) atoms. The summed E-state index contributed by atoms with van der Waals surface area (Å²) >= 11 is 0. The molecule has 7 N–H and O–H groups in total. The van der Waals surface area contributed by atoms with Gasteiger partial charge in [0.1, 0.15) is 12.1 Å². The van der Waals surface area contributed by atoms with E-state index in [9.17, 15) is 29.4 Å². The van der Waals surface area contributed by atoms with Crippen LogP contribution in [0.3, 0.4) is 0 Å². The number of aliphatic imine (C=N–C) groups is 1. The average Bonchev–Trinajstić information content (AvgIpc) is 3.41. The number of nitrogens with one attached hydrogen (secondary N) is 1. The van der Waals surface area contributed by atoms with Gasteiger partial charge in [-0.05, 0) is 118 Å². The van der Waals surface area contributed by atoms with Gasteiger partial charge in [-0.25, -0.2) is 9.59 Å². The van der Waals surface area contributed by atoms with Crippen LogP contribution in [0.1, 0.15) is 154 Å². The summed E-state index contributed by atoms with van der Waals surface area (Å²) < 4.78 is 11.2. The third-order valence-electron chi connectivity index (χ3n) is 13.8. The highest BCUT2D eigenvalue weighted by Gasteiger charge is 2.66. The second-order valence-electron chi connectivity index (χ2n) is 17.0. The van der Waals surface area contributed by atoms with Gasteiger partial charge in [0, 0.05) is 30.9 Å². The molecule has 3 saturated carbocycles. The molecule has 0 aliphatic heterocycles. The largest absolute Gasteiger partial charge is 0.480 e. The number of carbonyl (C=O) groups excluding carboxylic acids is 2. The van der Waals surface area contributed by atoms with Gasteiger partial charge < -0.3 is 36.2 Å². The normalized spacial score (nSPS) is 30.5. The minimum Gasteiger partial charge on any atom is -0.480 e. The Labute approximate surface area is 319 Å². The van der Waals surface area contributed by atoms with Crippen molar-refractivity contribution in [3.05, 3.63) is 46.0 Å². The van der Waals surface area contributed by atoms with E-state index in [0.717, 1.165) is 108 Å². The average molecular weight is 753 g/mol. The summed E-state index contributed by atoms with van der Waals surface area (Å²) in [5.74, 6) is -0.673. The van der Waals surface area contributed by atoms with Gasteiger partial charge in [-0.15, -0.1) is 0 Å². The van der Waals surface area contributed by atoms with Crippen molar-refractivity contribution in [2.75, 3.05) is 6.54 Å². The summed E-state index contributed by atoms with van der Waals surface area (Å²) in [6, 6.07) is 2.44. The van der Waals surface area contributed by atoms with Gasteiger partial charge >= 0.3 is 17.6 Å². The molecule has 0 aromatic carbocycles. The van der Waals surface area contributed by atoms with Crippen LogP contribution in [0.4, 0.5) is 0 Å². The highest BCUT2D eigenvalue weighted by molar-refractivity contribution is 5.83. The number of allylic oxidation sites excluding steroid dienone is 1. The first-order chi connectivity index (χ1) is 25.8. The number of fused-ring (bicyclic) bond motifs is 5. The van der Waals surface area contributed by atoms with E-state index in [4.69, 9.17) is 20.6 Å². The van der Waals surface area contributed by atoms with Crippen LogP contribution in [0, 0.1) is 22.7 Å². The molecule has 0 radical (unpaired) electrons. The monoisotopic (exact) mass is 752 g/mol. The number of rotatable bonds is 19. The number of carboxylic acid groups (broad SMARTS) is 1. The number of unbranched alkanes of at least 4 members (excludes halogenated alkanes) is 7. The van der Waals surface area contributed by atoms with Gasteiger partial charge in [-0.3, -0.25) is 14.6 Å². The molecule has 5 rings (SSSR count). The molecule has 0 unspecified atom stereocenters. The molecule has 3 fully saturated rings. The van der Waals surface area contributed by atoms with Crippen LogP contribution < -0.4 is 22.4 Å². The van der Waals surface area contributed by atoms with E-state index < -0.39 is 17.6 Å². The molecule has 0 bridgehead atoms. The maximum absolute atomic E-state index is 12.8. The maximum Gasteiger partial charge on any atom is 0.335 e. The topological polar surface area (TPSA) is 208 Å². The molecule has 8 atom stereocenters. The summed E-state index contributed by atoms with van der Waals surface area (Å²) in [5, 5.41) is 24.5. The molecule has 1 aromatic rings. The lowest BCUT2D eigenvalue weighted by atomic mass is 9.45. The predicted octanol–water partition coefficient (Wildman–Crippen LogP) is 6.24. The SMILES string of the molecule is C[C@]12CC[C@H](OC(=O)CCCCCCCCCCC(=O)N[C@@H](CCCN=C(N)N)C(=O)O)C=C1CC[C@@H]1[C@@H]2CC[C@]2(C)[C@@H](c3ccc(=O)oc3)CC[C@]12O. The highest BCUT2D eigenvalue weighted by atomic mass is 16.5. The number of amides is 1. The molecule has 0 spiro atoms. The van der Waals surface area contributed by atoms with Crippen molar-refractivity contribution in [3.63, 3.8) is 0 Å². The van der Waals surface area contributed by atoms with Crippen molar-refractivity contribution in [3.8, 4) is 0 Å². The first-order valence-electron chi connectivity index (χ1n) is 20.6. The highest BCUT2D eigenvalue weighted by Crippen LogP contribution is 2.70. The smallest absolute Gasteiger partial charge is 0.335 e. The number of aliphatic carboxylic acids is 1. The molecule has 1 amide bonds. The molecule has 12 nitrogen and oxygen atoms in total. The second kappa shape index (κ2) is 18.3. The zero-order valence-corrected chi connectivity index (χ0v) is 32.5. The van der Waals surface area contributed by atoms with Crippen LogP contribution in [-0.4, -0.2) is 58.3 Å². The number of hydrogen-bond donors (Lipinski definition) is 5. The van der Waals surface area contributed by atoms with Crippen LogP contribution in [0.5, 0.6) is 0 Å². The molecular formula is C42H64N4O8. The number of hydrogen-bond acceptors (Lipinski definition) is 8. The van der Waals surface area contributed by atoms with E-state index in [2.05, 4.69) is 30.2 Å². The number of ether oxygens (including phenoxy) is 1. The fourth-order valence-corrected chi connectivity index (χ4v) is 10.7. The predicted molar refractivity (Wildman–Crippen MR) is 206 cm³/mol. The van der Waals surface area contributed by atoms with E-state index in [1.54, 1.807) is 6.26 Å². The lowest BCUT2D eigenvalue weighted by Crippen LogP contribution is -2.60. The maximum atomic E-state index is 12.8. The number of guanidine groups is 1. The van der Waals surface area contributed by atoms with Crippen molar-refractivity contribution in [1.82, 2.24) is 5.32 Å². The van der Waals surface area contributed by atoms with Crippen LogP contribution in [-0.2, 0) is 19.1 Å². The number of nitrogens with zero attached hydrogens (tertiary/aromatic N) is 1. The van der Waals surface area contributed by atoms with Crippen LogP contribution in [0.2, 0.25) is 0 Å². The number of esters is 1. The summed E-state index contributed by atoms with van der Waals surface area (Å²) in [5.41, 5.74) is 11.6. The van der Waals surface area contributed by atoms with E-state index in [1.807, 2.05) is 6.07 Å². The van der Waals surface area contributed by atoms with Gasteiger partial charge in [-0.2, -0.15) is 0 Å². The molecule has 300 valence electrons. The van der Waals surface area contributed by atoms with Gasteiger partial charge in [-0.1, -0.05) is 57.9 Å². The van der Waals surface area contributed by atoms with Gasteiger partial charge in [0.25, 0.3) is 0 Å². The van der Waals surface area contributed by atoms with Gasteiger partial charge in [0.05, 0.1) is 11.9 Å². The molecule has 1 heterocycles. The van der Waals surface area contributed by atoms with E-state index in [1.165, 1.54) is 11.6 Å². The van der Waals surface area contributed by atoms with Crippen LogP contribution in [0.25, 0.3) is 0 Å². The Morgan fingerprint density at radius 1 is 0.926 bits per heavy atom. The van der Waals surface area contributed by atoms with E-state index in [0.29, 0.717) is 31.7 Å². The summed E-state index contributed by atoms with van der Waals surface area (Å²) in [6.07, 6.45) is 20.1. The fraction of sp³-hybridized carbons (Fsp3) is 0.738. The molecule has 0 saturated heterocycles. The summed E-state index contributed by atoms with van der Waals surface area (Å²) in [4.78, 5) is 51.9. The third-order valence-corrected chi connectivity index (χ3v) is 13.8. The third kappa shape index (κ3) is 9.58. The van der Waals surface area contributed by atoms with Crippen LogP contribution in [0.15, 0.2) is 44.2 Å². The number of carbonyl (C=O) groups is 3. The Kier molecular flexibility index (Phi) is 14.1. The van der Waals surface area contributed by atoms with E-state index >= 15 is 0 Å². The lowest BCUT2D eigenvalue weighted by molar-refractivity contribution is -0.178. The first kappa shape index (κ1) is 41.5. The van der Waals surface area contributed by atoms with Gasteiger partial charge in [0.2, 0.25) is 5.91 Å². The van der Waals surface area contributed by atoms with Crippen molar-refractivity contribution >= 4 is 23.8 Å². The Hall–Kier alpha value is -3.67. The molecular weight excluding hydrogens is 688 g/mol. The summed E-state index contributed by atoms with van der Waals surface area (Å²) in [6.45, 7) is 4.96. The standard InChI is InChI=1S/C42H64N4O8/c1-40-22-19-30(26-29(40)16-17-33-32(40)20-23-41(2)31(21-24-42(33,41)52)28-15-18-36(48)53-27-28)54-37(49)14-10-8-6-4-3-5-7-9-13-35(47)46-34(38(50)51)12-11-25-45-39(43)44/h15,18,26-27,30-34,52H,3-14,16-17,19-25H2,1-2H3,(H,46,47)(H,50,51)(H4,43,44,45)/t30-,31+,32-,33+,34-,40-,41+,42-/m0/s1. The fourth-order valence-electron chi connectivity index (χ4n) is 10.7. The minimum absolute atomic E-state index is 0.00703. The zero-order valence-electron chi connectivity index (χ0n) is 32.5. The Balaban J connectivity index is 0.958. The Bertz CT molecular complexity index is 1570. The minimum atomic E-state index is -1.06. The Morgan fingerprint density at radius 2 is 1.63 bits per heavy atom. The molecule has 12 heteroatoms. The number of carboxylic acids is 1. The van der Waals surface area contributed by atoms with Crippen molar-refractivity contribution < 1.29 is 33.8 Å². The number of aliphatic hydroxyl groups is 1. The van der Waals surface area contributed by atoms with Crippen LogP contribution >= 0.6 is 0 Å². The number of nitrogens with two attached hydrogens (primary N) is 2. The van der Waals surface area contributed by atoms with Crippen molar-refractivity contribution in [2.45, 2.75) is 166 Å². The molecule has 4 aliphatic carbocycles. The lowest BCUT2D eigenvalue weighted by Gasteiger charge is -2.61. The summed E-state index contributed by atoms with van der Waals surface area (Å²) in [7, 11) is 0. The quantitative estimate of drug-likeness (QED) is 0.0354. The Morgan fingerprint density at radius 3 is 2.30 bits per heavy atom. The first-order valence-corrected chi connectivity index (χ1v) is 20.6.